The lowest BCUT2D eigenvalue weighted by atomic mass is 9.33. The molecule has 0 radical (unpaired) electrons. The quantitative estimate of drug-likeness (QED) is 0.108. The van der Waals surface area contributed by atoms with E-state index < -0.39 is 121 Å². The fourth-order valence-corrected chi connectivity index (χ4v) is 14.9. The number of carboxylic acid groups (broad SMARTS) is 1. The van der Waals surface area contributed by atoms with Gasteiger partial charge in [-0.1, -0.05) is 46.3 Å². The maximum Gasteiger partial charge on any atom is 0.310 e. The van der Waals surface area contributed by atoms with E-state index in [-0.39, 0.29) is 53.0 Å². The Labute approximate surface area is 386 Å². The molecule has 0 aromatic rings. The molecule has 10 N–H and O–H groups in total. The molecule has 66 heavy (non-hydrogen) atoms. The van der Waals surface area contributed by atoms with Gasteiger partial charge in [0.1, 0.15) is 66.8 Å². The second-order valence-electron chi connectivity index (χ2n) is 22.8. The molecule has 7 fully saturated rings. The van der Waals surface area contributed by atoms with E-state index in [1.165, 1.54) is 12.5 Å². The van der Waals surface area contributed by atoms with Gasteiger partial charge in [0.25, 0.3) is 0 Å². The van der Waals surface area contributed by atoms with Crippen molar-refractivity contribution in [3.63, 3.8) is 0 Å². The number of carboxylic acids is 1. The summed E-state index contributed by atoms with van der Waals surface area (Å²) in [5.74, 6) is -0.795. The normalized spacial score (nSPS) is 55.1. The lowest BCUT2D eigenvalue weighted by Gasteiger charge is -2.71. The number of aliphatic hydroxyl groups is 9. The van der Waals surface area contributed by atoms with Crippen LogP contribution in [0.3, 0.4) is 0 Å². The molecule has 0 aromatic carbocycles. The van der Waals surface area contributed by atoms with Crippen LogP contribution in [-0.2, 0) is 38.0 Å². The van der Waals surface area contributed by atoms with Gasteiger partial charge in [-0.3, -0.25) is 9.59 Å². The number of Topliss-reactive ketones (excluding diaryl/α,β-unsaturated/α-hetero) is 1. The number of ether oxygens (including phenoxy) is 6. The molecule has 3 heterocycles. The minimum atomic E-state index is -1.84. The van der Waals surface area contributed by atoms with Crippen LogP contribution in [0, 0.1) is 50.2 Å². The van der Waals surface area contributed by atoms with Crippen molar-refractivity contribution in [2.45, 2.75) is 205 Å². The van der Waals surface area contributed by atoms with Crippen LogP contribution < -0.4 is 0 Å². The molecule has 24 atom stereocenters. The second kappa shape index (κ2) is 17.8. The Kier molecular flexibility index (Phi) is 13.7. The molecule has 18 nitrogen and oxygen atoms in total. The Bertz CT molecular complexity index is 1850. The van der Waals surface area contributed by atoms with Crippen LogP contribution in [0.5, 0.6) is 0 Å². The van der Waals surface area contributed by atoms with Crippen molar-refractivity contribution in [1.29, 1.82) is 0 Å². The lowest BCUT2D eigenvalue weighted by molar-refractivity contribution is -0.392. The molecule has 8 aliphatic rings. The fourth-order valence-electron chi connectivity index (χ4n) is 14.9. The number of hydrogen-bond acceptors (Lipinski definition) is 17. The van der Waals surface area contributed by atoms with Crippen LogP contribution in [0.4, 0.5) is 0 Å². The second-order valence-corrected chi connectivity index (χ2v) is 22.8. The number of allylic oxidation sites excluding steroid dienone is 2. The van der Waals surface area contributed by atoms with Gasteiger partial charge in [-0.05, 0) is 112 Å². The first-order valence-electron chi connectivity index (χ1n) is 24.2. The fraction of sp³-hybridized carbons (Fsp3) is 0.917. The molecule has 0 spiro atoms. The summed E-state index contributed by atoms with van der Waals surface area (Å²) in [6, 6.07) is 0. The Balaban J connectivity index is 1.05. The predicted octanol–water partition coefficient (Wildman–Crippen LogP) is 0.914. The van der Waals surface area contributed by atoms with Crippen molar-refractivity contribution in [3.8, 4) is 0 Å². The third-order valence-corrected chi connectivity index (χ3v) is 19.7. The number of fused-ring (bicyclic) bond motifs is 7. The lowest BCUT2D eigenvalue weighted by Crippen LogP contribution is -2.67. The van der Waals surface area contributed by atoms with Gasteiger partial charge < -0.3 is 79.5 Å². The first kappa shape index (κ1) is 50.7. The van der Waals surface area contributed by atoms with Gasteiger partial charge in [0.2, 0.25) is 0 Å². The summed E-state index contributed by atoms with van der Waals surface area (Å²) in [5.41, 5.74) is -1.97. The Hall–Kier alpha value is -1.72. The van der Waals surface area contributed by atoms with Crippen LogP contribution in [0.2, 0.25) is 0 Å². The Morgan fingerprint density at radius 3 is 2.05 bits per heavy atom. The van der Waals surface area contributed by atoms with Gasteiger partial charge in [-0.15, -0.1) is 0 Å². The largest absolute Gasteiger partial charge is 0.481 e. The minimum absolute atomic E-state index is 0.0548. The van der Waals surface area contributed by atoms with Crippen LogP contribution in [0.1, 0.15) is 113 Å². The predicted molar refractivity (Wildman–Crippen MR) is 230 cm³/mol. The number of carbonyl (C=O) groups excluding carboxylic acids is 1. The highest BCUT2D eigenvalue weighted by molar-refractivity contribution is 5.83. The van der Waals surface area contributed by atoms with E-state index in [0.717, 1.165) is 25.7 Å². The molecule has 0 amide bonds. The number of ketones is 1. The van der Waals surface area contributed by atoms with Crippen molar-refractivity contribution in [2.24, 2.45) is 50.2 Å². The molecule has 24 unspecified atom stereocenters. The molecule has 4 saturated carbocycles. The molecule has 3 aliphatic heterocycles. The average molecular weight is 941 g/mol. The highest BCUT2D eigenvalue weighted by atomic mass is 16.8. The number of aliphatic hydroxyl groups excluding tert-OH is 9. The van der Waals surface area contributed by atoms with Gasteiger partial charge in [0.15, 0.2) is 18.9 Å². The van der Waals surface area contributed by atoms with Crippen LogP contribution in [0.15, 0.2) is 11.6 Å². The minimum Gasteiger partial charge on any atom is -0.481 e. The monoisotopic (exact) mass is 941 g/mol. The van der Waals surface area contributed by atoms with Crippen molar-refractivity contribution < 1.29 is 89.1 Å². The first-order chi connectivity index (χ1) is 30.9. The van der Waals surface area contributed by atoms with E-state index in [0.29, 0.717) is 38.5 Å². The number of hydrogen-bond donors (Lipinski definition) is 10. The van der Waals surface area contributed by atoms with Gasteiger partial charge in [-0.25, -0.2) is 0 Å². The number of carbonyl (C=O) groups is 2. The zero-order valence-electron chi connectivity index (χ0n) is 39.4. The molecular formula is C48H76O18. The zero-order chi connectivity index (χ0) is 48.3. The molecule has 18 heteroatoms. The van der Waals surface area contributed by atoms with Crippen molar-refractivity contribution >= 4 is 11.8 Å². The van der Waals surface area contributed by atoms with E-state index in [2.05, 4.69) is 26.8 Å². The standard InChI is InChI=1S/C48H76O18/c1-22-31(53)34(56)36(58)39(62-22)65-38-35(57)33(55)27(19-49)63-41(38)66-37-32(54)26(52)20-61-40(37)64-30-11-12-44(4)28(45(30,5)21-50)10-13-47(7)29(44)9-8-24-25-18-43(3,23(2)51)14-16-48(25,42(59)60)17-15-46(24,47)6/h8,22,25-41,49-50,52-58H,9-21H2,1-7H3,(H,59,60). The Morgan fingerprint density at radius 2 is 1.39 bits per heavy atom. The van der Waals surface area contributed by atoms with E-state index >= 15 is 0 Å². The summed E-state index contributed by atoms with van der Waals surface area (Å²) in [4.78, 5) is 26.3. The van der Waals surface area contributed by atoms with Crippen molar-refractivity contribution in [3.05, 3.63) is 11.6 Å². The van der Waals surface area contributed by atoms with Gasteiger partial charge in [-0.2, -0.15) is 0 Å². The summed E-state index contributed by atoms with van der Waals surface area (Å²) in [7, 11) is 0. The SMILES string of the molecule is CC(=O)C1(C)CCC2(C(=O)O)CCC3(C)C(=CCC4C5(C)CCC(OC6OCC(O)C(O)C6OC6OC(CO)C(O)C(O)C6OC6OC(C)C(O)C(O)C6O)C(C)(CO)C5CCC43C)C2C1. The molecule has 376 valence electrons. The smallest absolute Gasteiger partial charge is 0.310 e. The van der Waals surface area contributed by atoms with Crippen LogP contribution in [-0.4, -0.2) is 175 Å². The maximum absolute atomic E-state index is 13.2. The van der Waals surface area contributed by atoms with E-state index in [1.807, 2.05) is 13.8 Å². The van der Waals surface area contributed by atoms with Crippen LogP contribution >= 0.6 is 0 Å². The van der Waals surface area contributed by atoms with Crippen molar-refractivity contribution in [2.75, 3.05) is 19.8 Å². The molecule has 0 bridgehead atoms. The van der Waals surface area contributed by atoms with E-state index in [4.69, 9.17) is 28.4 Å². The maximum atomic E-state index is 13.2. The van der Waals surface area contributed by atoms with Gasteiger partial charge in [0, 0.05) is 10.8 Å². The first-order valence-corrected chi connectivity index (χ1v) is 24.2. The third kappa shape index (κ3) is 7.61. The van der Waals surface area contributed by atoms with Crippen LogP contribution in [0.25, 0.3) is 0 Å². The van der Waals surface area contributed by atoms with Gasteiger partial charge in [0.05, 0.1) is 37.4 Å². The van der Waals surface area contributed by atoms with Gasteiger partial charge >= 0.3 is 5.97 Å². The molecule has 5 aliphatic carbocycles. The highest BCUT2D eigenvalue weighted by Gasteiger charge is 2.70. The summed E-state index contributed by atoms with van der Waals surface area (Å²) in [6.45, 7) is 12.7. The summed E-state index contributed by atoms with van der Waals surface area (Å²) in [6.07, 6.45) is -14.1. The molecule has 3 saturated heterocycles. The zero-order valence-corrected chi connectivity index (χ0v) is 39.4. The molecule has 8 rings (SSSR count). The molecular weight excluding hydrogens is 865 g/mol. The van der Waals surface area contributed by atoms with E-state index in [9.17, 15) is 60.7 Å². The topological polar surface area (TPSA) is 292 Å². The number of aliphatic carboxylic acids is 1. The highest BCUT2D eigenvalue weighted by Crippen LogP contribution is 2.76. The summed E-state index contributed by atoms with van der Waals surface area (Å²) >= 11 is 0. The van der Waals surface area contributed by atoms with Crippen molar-refractivity contribution in [1.82, 2.24) is 0 Å². The third-order valence-electron chi connectivity index (χ3n) is 19.7. The molecule has 0 aromatic heterocycles. The average Bonchev–Trinajstić information content (AvgIpc) is 3.27. The summed E-state index contributed by atoms with van der Waals surface area (Å²) in [5, 5.41) is 108. The Morgan fingerprint density at radius 1 is 0.727 bits per heavy atom. The number of rotatable bonds is 10. The van der Waals surface area contributed by atoms with E-state index in [1.54, 1.807) is 6.92 Å². The summed E-state index contributed by atoms with van der Waals surface area (Å²) < 4.78 is 36.5.